The van der Waals surface area contributed by atoms with E-state index in [9.17, 15) is 0 Å². The highest BCUT2D eigenvalue weighted by molar-refractivity contribution is 5.64. The molecule has 0 radical (unpaired) electrons. The molecule has 0 atom stereocenters. The zero-order chi connectivity index (χ0) is 18.0. The van der Waals surface area contributed by atoms with Gasteiger partial charge in [-0.25, -0.2) is 4.98 Å². The van der Waals surface area contributed by atoms with E-state index in [0.29, 0.717) is 5.95 Å². The third-order valence-electron chi connectivity index (χ3n) is 4.12. The van der Waals surface area contributed by atoms with Crippen LogP contribution in [0, 0.1) is 0 Å². The summed E-state index contributed by atoms with van der Waals surface area (Å²) < 4.78 is 0. The first-order valence-corrected chi connectivity index (χ1v) is 9.31. The van der Waals surface area contributed by atoms with E-state index >= 15 is 0 Å². The molecule has 0 aliphatic rings. The standard InChI is InChI=1S/C22H26N4/c1-2-15-23-21-17-20(19-13-7-4-8-14-19)25-22(26-21)24-16-9-12-18-10-5-3-6-11-18/h3-8,10-11,13-14,17H,2,9,12,15-16H2,1H3,(H2,23,24,25,26). The fourth-order valence-electron chi connectivity index (χ4n) is 2.76. The minimum Gasteiger partial charge on any atom is -0.370 e. The molecule has 0 unspecified atom stereocenters. The van der Waals surface area contributed by atoms with Crippen LogP contribution in [-0.2, 0) is 6.42 Å². The number of nitrogens with zero attached hydrogens (tertiary/aromatic N) is 2. The van der Waals surface area contributed by atoms with Gasteiger partial charge in [0.1, 0.15) is 5.82 Å². The molecule has 0 spiro atoms. The number of nitrogens with one attached hydrogen (secondary N) is 2. The number of aryl methyl sites for hydroxylation is 1. The minimum absolute atomic E-state index is 0.679. The number of benzene rings is 2. The van der Waals surface area contributed by atoms with Crippen molar-refractivity contribution in [3.63, 3.8) is 0 Å². The van der Waals surface area contributed by atoms with Crippen LogP contribution in [-0.4, -0.2) is 23.1 Å². The van der Waals surface area contributed by atoms with E-state index in [0.717, 1.165) is 49.4 Å². The lowest BCUT2D eigenvalue weighted by molar-refractivity contribution is 0.852. The lowest BCUT2D eigenvalue weighted by Gasteiger charge is -2.11. The monoisotopic (exact) mass is 346 g/mol. The summed E-state index contributed by atoms with van der Waals surface area (Å²) in [7, 11) is 0. The molecule has 0 fully saturated rings. The molecule has 0 aliphatic carbocycles. The fourth-order valence-corrected chi connectivity index (χ4v) is 2.76. The van der Waals surface area contributed by atoms with Crippen LogP contribution >= 0.6 is 0 Å². The van der Waals surface area contributed by atoms with E-state index < -0.39 is 0 Å². The third-order valence-corrected chi connectivity index (χ3v) is 4.12. The van der Waals surface area contributed by atoms with Crippen LogP contribution in [0.5, 0.6) is 0 Å². The number of rotatable bonds is 9. The highest BCUT2D eigenvalue weighted by Crippen LogP contribution is 2.21. The van der Waals surface area contributed by atoms with Crippen LogP contribution < -0.4 is 10.6 Å². The highest BCUT2D eigenvalue weighted by atomic mass is 15.1. The Morgan fingerprint density at radius 1 is 0.808 bits per heavy atom. The third kappa shape index (κ3) is 5.31. The summed E-state index contributed by atoms with van der Waals surface area (Å²) in [6.07, 6.45) is 3.15. The predicted molar refractivity (Wildman–Crippen MR) is 110 cm³/mol. The molecule has 0 saturated heterocycles. The van der Waals surface area contributed by atoms with Gasteiger partial charge in [0.05, 0.1) is 5.69 Å². The fraction of sp³-hybridized carbons (Fsp3) is 0.273. The zero-order valence-corrected chi connectivity index (χ0v) is 15.3. The number of hydrogen-bond donors (Lipinski definition) is 2. The largest absolute Gasteiger partial charge is 0.370 e. The molecule has 0 aliphatic heterocycles. The van der Waals surface area contributed by atoms with Crippen molar-refractivity contribution in [2.45, 2.75) is 26.2 Å². The Bertz CT molecular complexity index is 788. The summed E-state index contributed by atoms with van der Waals surface area (Å²) in [5.74, 6) is 1.55. The summed E-state index contributed by atoms with van der Waals surface area (Å²) in [5.41, 5.74) is 3.39. The molecule has 4 heteroatoms. The Morgan fingerprint density at radius 3 is 2.27 bits per heavy atom. The molecule has 2 aromatic carbocycles. The Balaban J connectivity index is 1.66. The predicted octanol–water partition coefficient (Wildman–Crippen LogP) is 5.01. The topological polar surface area (TPSA) is 49.8 Å². The normalized spacial score (nSPS) is 10.5. The van der Waals surface area contributed by atoms with E-state index in [-0.39, 0.29) is 0 Å². The second kappa shape index (κ2) is 9.56. The molecule has 0 saturated carbocycles. The van der Waals surface area contributed by atoms with Crippen molar-refractivity contribution in [2.75, 3.05) is 23.7 Å². The lowest BCUT2D eigenvalue weighted by Crippen LogP contribution is -2.10. The molecule has 1 heterocycles. The summed E-state index contributed by atoms with van der Waals surface area (Å²) in [6, 6.07) is 22.8. The highest BCUT2D eigenvalue weighted by Gasteiger charge is 2.06. The summed E-state index contributed by atoms with van der Waals surface area (Å²) in [4.78, 5) is 9.30. The van der Waals surface area contributed by atoms with Gasteiger partial charge in [-0.15, -0.1) is 0 Å². The van der Waals surface area contributed by atoms with Gasteiger partial charge in [-0.2, -0.15) is 4.98 Å². The Morgan fingerprint density at radius 2 is 1.54 bits per heavy atom. The van der Waals surface area contributed by atoms with Gasteiger partial charge >= 0.3 is 0 Å². The van der Waals surface area contributed by atoms with Crippen LogP contribution in [0.2, 0.25) is 0 Å². The molecule has 3 rings (SSSR count). The van der Waals surface area contributed by atoms with Gasteiger partial charge in [-0.1, -0.05) is 67.6 Å². The van der Waals surface area contributed by atoms with Crippen molar-refractivity contribution in [3.8, 4) is 11.3 Å². The van der Waals surface area contributed by atoms with E-state index in [1.165, 1.54) is 5.56 Å². The van der Waals surface area contributed by atoms with Crippen molar-refractivity contribution in [1.29, 1.82) is 0 Å². The number of aromatic nitrogens is 2. The summed E-state index contributed by atoms with van der Waals surface area (Å²) in [6.45, 7) is 3.90. The Labute approximate surface area is 155 Å². The molecule has 134 valence electrons. The molecule has 0 amide bonds. The molecular formula is C22H26N4. The quantitative estimate of drug-likeness (QED) is 0.535. The second-order valence-corrected chi connectivity index (χ2v) is 6.27. The Hall–Kier alpha value is -2.88. The van der Waals surface area contributed by atoms with Crippen LogP contribution in [0.15, 0.2) is 66.7 Å². The average molecular weight is 346 g/mol. The van der Waals surface area contributed by atoms with Crippen LogP contribution in [0.25, 0.3) is 11.3 Å². The van der Waals surface area contributed by atoms with Gasteiger partial charge in [-0.3, -0.25) is 0 Å². The minimum atomic E-state index is 0.679. The van der Waals surface area contributed by atoms with Gasteiger partial charge in [0, 0.05) is 24.7 Å². The molecular weight excluding hydrogens is 320 g/mol. The van der Waals surface area contributed by atoms with Crippen molar-refractivity contribution in [2.24, 2.45) is 0 Å². The second-order valence-electron chi connectivity index (χ2n) is 6.27. The maximum absolute atomic E-state index is 4.69. The number of hydrogen-bond acceptors (Lipinski definition) is 4. The first-order chi connectivity index (χ1) is 12.8. The average Bonchev–Trinajstić information content (AvgIpc) is 2.71. The maximum Gasteiger partial charge on any atom is 0.225 e. The van der Waals surface area contributed by atoms with Gasteiger partial charge in [0.2, 0.25) is 5.95 Å². The molecule has 1 aromatic heterocycles. The molecule has 2 N–H and O–H groups in total. The van der Waals surface area contributed by atoms with E-state index in [2.05, 4.69) is 65.0 Å². The zero-order valence-electron chi connectivity index (χ0n) is 15.3. The molecule has 4 nitrogen and oxygen atoms in total. The van der Waals surface area contributed by atoms with Crippen LogP contribution in [0.1, 0.15) is 25.3 Å². The van der Waals surface area contributed by atoms with Gasteiger partial charge in [-0.05, 0) is 24.8 Å². The Kier molecular flexibility index (Phi) is 6.59. The molecule has 0 bridgehead atoms. The van der Waals surface area contributed by atoms with Gasteiger partial charge in [0.25, 0.3) is 0 Å². The van der Waals surface area contributed by atoms with Crippen molar-refractivity contribution in [3.05, 3.63) is 72.3 Å². The SMILES string of the molecule is CCCNc1cc(-c2ccccc2)nc(NCCCc2ccccc2)n1. The van der Waals surface area contributed by atoms with E-state index in [1.807, 2.05) is 24.3 Å². The summed E-state index contributed by atoms with van der Waals surface area (Å²) in [5, 5.41) is 6.75. The van der Waals surface area contributed by atoms with Crippen LogP contribution in [0.4, 0.5) is 11.8 Å². The molecule has 3 aromatic rings. The lowest BCUT2D eigenvalue weighted by atomic mass is 10.1. The number of anilines is 2. The summed E-state index contributed by atoms with van der Waals surface area (Å²) >= 11 is 0. The van der Waals surface area contributed by atoms with E-state index in [1.54, 1.807) is 0 Å². The van der Waals surface area contributed by atoms with E-state index in [4.69, 9.17) is 4.98 Å². The van der Waals surface area contributed by atoms with Crippen molar-refractivity contribution in [1.82, 2.24) is 9.97 Å². The van der Waals surface area contributed by atoms with Crippen LogP contribution in [0.3, 0.4) is 0 Å². The van der Waals surface area contributed by atoms with Gasteiger partial charge in [0.15, 0.2) is 0 Å². The smallest absolute Gasteiger partial charge is 0.225 e. The molecule has 26 heavy (non-hydrogen) atoms. The van der Waals surface area contributed by atoms with Crippen molar-refractivity contribution >= 4 is 11.8 Å². The van der Waals surface area contributed by atoms with Gasteiger partial charge < -0.3 is 10.6 Å². The van der Waals surface area contributed by atoms with Crippen molar-refractivity contribution < 1.29 is 0 Å². The first kappa shape index (κ1) is 17.9. The first-order valence-electron chi connectivity index (χ1n) is 9.31. The maximum atomic E-state index is 4.69.